The Morgan fingerprint density at radius 3 is 2.18 bits per heavy atom. The van der Waals surface area contributed by atoms with Gasteiger partial charge < -0.3 is 0 Å². The van der Waals surface area contributed by atoms with E-state index in [-0.39, 0.29) is 0 Å². The number of hydrogen-bond acceptors (Lipinski definition) is 1. The number of Topliss-reactive ketones (excluding diaryl/α,β-unsaturated/α-hetero) is 1. The van der Waals surface area contributed by atoms with Crippen molar-refractivity contribution in [2.24, 2.45) is 16.7 Å². The number of fused-ring (bicyclic) bond motifs is 1. The zero-order chi connectivity index (χ0) is 8.28. The number of carbonyl (C=O) groups excluding carboxylic acids is 1. The van der Waals surface area contributed by atoms with Crippen molar-refractivity contribution in [2.45, 2.75) is 40.0 Å². The Morgan fingerprint density at radius 2 is 2.00 bits per heavy atom. The molecule has 62 valence electrons. The first-order valence-electron chi connectivity index (χ1n) is 4.52. The molecule has 0 heterocycles. The van der Waals surface area contributed by atoms with E-state index in [9.17, 15) is 4.79 Å². The van der Waals surface area contributed by atoms with Gasteiger partial charge in [-0.1, -0.05) is 20.8 Å². The highest BCUT2D eigenvalue weighted by Crippen LogP contribution is 2.67. The first kappa shape index (κ1) is 7.33. The lowest BCUT2D eigenvalue weighted by atomic mass is 9.51. The highest BCUT2D eigenvalue weighted by molar-refractivity contribution is 5.85. The third kappa shape index (κ3) is 0.605. The van der Waals surface area contributed by atoms with Gasteiger partial charge in [-0.3, -0.25) is 4.79 Å². The van der Waals surface area contributed by atoms with Crippen molar-refractivity contribution in [3.05, 3.63) is 0 Å². The molecule has 2 fully saturated rings. The molecule has 2 saturated carbocycles. The monoisotopic (exact) mass is 152 g/mol. The first-order valence-corrected chi connectivity index (χ1v) is 4.52. The summed E-state index contributed by atoms with van der Waals surface area (Å²) in [4.78, 5) is 11.4. The standard InChI is InChI=1S/C10H16O/c1-7-8(11)6-9(2)4-5-10(7,9)3/h7H,4-6H2,1-3H3. The van der Waals surface area contributed by atoms with E-state index in [4.69, 9.17) is 0 Å². The normalized spacial score (nSPS) is 55.5. The quantitative estimate of drug-likeness (QED) is 0.521. The third-order valence-corrected chi connectivity index (χ3v) is 4.58. The molecule has 0 bridgehead atoms. The van der Waals surface area contributed by atoms with Crippen LogP contribution in [0.5, 0.6) is 0 Å². The largest absolute Gasteiger partial charge is 0.299 e. The van der Waals surface area contributed by atoms with Crippen molar-refractivity contribution >= 4 is 5.78 Å². The molecule has 0 aliphatic heterocycles. The molecule has 3 unspecified atom stereocenters. The first-order chi connectivity index (χ1) is 5.00. The van der Waals surface area contributed by atoms with E-state index in [1.165, 1.54) is 12.8 Å². The summed E-state index contributed by atoms with van der Waals surface area (Å²) in [5.74, 6) is 0.814. The molecule has 2 rings (SSSR count). The van der Waals surface area contributed by atoms with Crippen LogP contribution in [0, 0.1) is 16.7 Å². The Labute approximate surface area is 68.2 Å². The van der Waals surface area contributed by atoms with Crippen LogP contribution in [-0.2, 0) is 4.79 Å². The van der Waals surface area contributed by atoms with Crippen LogP contribution in [0.15, 0.2) is 0 Å². The number of hydrogen-bond donors (Lipinski definition) is 0. The van der Waals surface area contributed by atoms with Gasteiger partial charge in [0.1, 0.15) is 5.78 Å². The lowest BCUT2D eigenvalue weighted by Gasteiger charge is -2.53. The molecule has 1 nitrogen and oxygen atoms in total. The van der Waals surface area contributed by atoms with Gasteiger partial charge in [0.2, 0.25) is 0 Å². The molecule has 0 N–H and O–H groups in total. The highest BCUT2D eigenvalue weighted by atomic mass is 16.1. The molecule has 0 aromatic carbocycles. The highest BCUT2D eigenvalue weighted by Gasteiger charge is 2.62. The fraction of sp³-hybridized carbons (Fsp3) is 0.900. The molecule has 11 heavy (non-hydrogen) atoms. The summed E-state index contributed by atoms with van der Waals surface area (Å²) in [6.45, 7) is 6.66. The van der Waals surface area contributed by atoms with Crippen LogP contribution in [0.2, 0.25) is 0 Å². The summed E-state index contributed by atoms with van der Waals surface area (Å²) >= 11 is 0. The van der Waals surface area contributed by atoms with Gasteiger partial charge in [-0.25, -0.2) is 0 Å². The minimum Gasteiger partial charge on any atom is -0.299 e. The zero-order valence-electron chi connectivity index (χ0n) is 7.61. The van der Waals surface area contributed by atoms with Gasteiger partial charge in [0.05, 0.1) is 0 Å². The van der Waals surface area contributed by atoms with Gasteiger partial charge in [-0.2, -0.15) is 0 Å². The second-order valence-corrected chi connectivity index (χ2v) is 4.84. The summed E-state index contributed by atoms with van der Waals surface area (Å²) in [7, 11) is 0. The fourth-order valence-electron chi connectivity index (χ4n) is 2.87. The van der Waals surface area contributed by atoms with Gasteiger partial charge in [-0.15, -0.1) is 0 Å². The third-order valence-electron chi connectivity index (χ3n) is 4.58. The number of ketones is 1. The second-order valence-electron chi connectivity index (χ2n) is 4.84. The van der Waals surface area contributed by atoms with E-state index in [2.05, 4.69) is 20.8 Å². The van der Waals surface area contributed by atoms with Gasteiger partial charge in [0.25, 0.3) is 0 Å². The van der Waals surface area contributed by atoms with E-state index >= 15 is 0 Å². The van der Waals surface area contributed by atoms with Gasteiger partial charge in [-0.05, 0) is 23.7 Å². The molecule has 0 amide bonds. The van der Waals surface area contributed by atoms with E-state index in [1.54, 1.807) is 0 Å². The van der Waals surface area contributed by atoms with Crippen LogP contribution in [0.25, 0.3) is 0 Å². The second kappa shape index (κ2) is 1.70. The van der Waals surface area contributed by atoms with Crippen molar-refractivity contribution in [1.82, 2.24) is 0 Å². The molecule has 0 aromatic rings. The lowest BCUT2D eigenvalue weighted by molar-refractivity contribution is -0.121. The zero-order valence-corrected chi connectivity index (χ0v) is 7.61. The lowest BCUT2D eigenvalue weighted by Crippen LogP contribution is -2.45. The van der Waals surface area contributed by atoms with E-state index in [0.717, 1.165) is 6.42 Å². The Bertz CT molecular complexity index is 221. The Kier molecular flexibility index (Phi) is 1.13. The molecule has 2 aliphatic carbocycles. The van der Waals surface area contributed by atoms with Crippen LogP contribution in [-0.4, -0.2) is 5.78 Å². The molecular weight excluding hydrogens is 136 g/mol. The molecule has 0 saturated heterocycles. The maximum absolute atomic E-state index is 11.4. The molecular formula is C10H16O. The van der Waals surface area contributed by atoms with Gasteiger partial charge >= 0.3 is 0 Å². The average Bonchev–Trinajstić information content (AvgIpc) is 2.06. The predicted molar refractivity (Wildman–Crippen MR) is 44.2 cm³/mol. The van der Waals surface area contributed by atoms with E-state index in [1.807, 2.05) is 0 Å². The maximum atomic E-state index is 11.4. The topological polar surface area (TPSA) is 17.1 Å². The van der Waals surface area contributed by atoms with Crippen molar-refractivity contribution in [1.29, 1.82) is 0 Å². The Hall–Kier alpha value is -0.330. The summed E-state index contributed by atoms with van der Waals surface area (Å²) in [6, 6.07) is 0. The van der Waals surface area contributed by atoms with Crippen LogP contribution in [0.4, 0.5) is 0 Å². The summed E-state index contributed by atoms with van der Waals surface area (Å²) in [5, 5.41) is 0. The average molecular weight is 152 g/mol. The summed E-state index contributed by atoms with van der Waals surface area (Å²) in [5.41, 5.74) is 0.716. The van der Waals surface area contributed by atoms with Crippen molar-refractivity contribution in [2.75, 3.05) is 0 Å². The minimum absolute atomic E-state index is 0.321. The van der Waals surface area contributed by atoms with E-state index in [0.29, 0.717) is 22.5 Å². The van der Waals surface area contributed by atoms with Gasteiger partial charge in [0.15, 0.2) is 0 Å². The van der Waals surface area contributed by atoms with Crippen molar-refractivity contribution in [3.8, 4) is 0 Å². The van der Waals surface area contributed by atoms with Crippen molar-refractivity contribution < 1.29 is 4.79 Å². The fourth-order valence-corrected chi connectivity index (χ4v) is 2.87. The molecule has 3 atom stereocenters. The maximum Gasteiger partial charge on any atom is 0.136 e. The van der Waals surface area contributed by atoms with Gasteiger partial charge in [0, 0.05) is 12.3 Å². The summed E-state index contributed by atoms with van der Waals surface area (Å²) in [6.07, 6.45) is 3.36. The SMILES string of the molecule is CC1C(=O)CC2(C)CCC12C. The molecule has 2 aliphatic rings. The van der Waals surface area contributed by atoms with Crippen LogP contribution in [0.3, 0.4) is 0 Å². The molecule has 0 spiro atoms. The molecule has 1 heteroatoms. The summed E-state index contributed by atoms with van der Waals surface area (Å²) < 4.78 is 0. The van der Waals surface area contributed by atoms with Crippen molar-refractivity contribution in [3.63, 3.8) is 0 Å². The van der Waals surface area contributed by atoms with Crippen LogP contribution >= 0.6 is 0 Å². The smallest absolute Gasteiger partial charge is 0.136 e. The molecule has 0 radical (unpaired) electrons. The van der Waals surface area contributed by atoms with Crippen LogP contribution in [0.1, 0.15) is 40.0 Å². The number of rotatable bonds is 0. The van der Waals surface area contributed by atoms with Crippen LogP contribution < -0.4 is 0 Å². The predicted octanol–water partition coefficient (Wildman–Crippen LogP) is 2.40. The Morgan fingerprint density at radius 1 is 1.36 bits per heavy atom. The number of carbonyl (C=O) groups is 1. The van der Waals surface area contributed by atoms with E-state index < -0.39 is 0 Å². The minimum atomic E-state index is 0.321. The molecule has 0 aromatic heterocycles. The Balaban J connectivity index is 2.37.